The Bertz CT molecular complexity index is 219. The fourth-order valence-corrected chi connectivity index (χ4v) is 2.32. The van der Waals surface area contributed by atoms with Gasteiger partial charge in [-0.05, 0) is 37.5 Å². The maximum Gasteiger partial charge on any atom is 0.0546 e. The van der Waals surface area contributed by atoms with Crippen LogP contribution in [-0.2, 0) is 0 Å². The Kier molecular flexibility index (Phi) is 2.97. The molecule has 0 aromatic rings. The average molecular weight is 180 g/mol. The van der Waals surface area contributed by atoms with E-state index >= 15 is 0 Å². The van der Waals surface area contributed by atoms with Crippen molar-refractivity contribution < 1.29 is 5.11 Å². The van der Waals surface area contributed by atoms with Crippen LogP contribution in [0.25, 0.3) is 0 Å². The average Bonchev–Trinajstić information content (AvgIpc) is 2.09. The van der Waals surface area contributed by atoms with Gasteiger partial charge in [-0.2, -0.15) is 0 Å². The van der Waals surface area contributed by atoms with Crippen LogP contribution in [0, 0.1) is 11.3 Å². The lowest BCUT2D eigenvalue weighted by molar-refractivity contribution is 0.0581. The van der Waals surface area contributed by atoms with E-state index < -0.39 is 0 Å². The first-order chi connectivity index (χ1) is 5.99. The molecule has 1 heteroatoms. The Balaban J connectivity index is 2.83. The monoisotopic (exact) mass is 180 g/mol. The first-order valence-electron chi connectivity index (χ1n) is 4.96. The molecule has 0 amide bonds. The van der Waals surface area contributed by atoms with E-state index in [1.165, 1.54) is 5.57 Å². The van der Waals surface area contributed by atoms with Gasteiger partial charge in [0, 0.05) is 0 Å². The largest absolute Gasteiger partial charge is 0.393 e. The van der Waals surface area contributed by atoms with E-state index in [1.807, 2.05) is 13.0 Å². The molecule has 1 fully saturated rings. The summed E-state index contributed by atoms with van der Waals surface area (Å²) in [5.74, 6) is 0.397. The van der Waals surface area contributed by atoms with Gasteiger partial charge in [0.2, 0.25) is 0 Å². The summed E-state index contributed by atoms with van der Waals surface area (Å²) in [6.07, 6.45) is 4.65. The molecule has 1 nitrogen and oxygen atoms in total. The van der Waals surface area contributed by atoms with Crippen molar-refractivity contribution >= 4 is 0 Å². The Hall–Kier alpha value is -0.560. The quantitative estimate of drug-likeness (QED) is 0.648. The van der Waals surface area contributed by atoms with Crippen LogP contribution in [-0.4, -0.2) is 11.2 Å². The van der Waals surface area contributed by atoms with Gasteiger partial charge in [0.1, 0.15) is 0 Å². The van der Waals surface area contributed by atoms with Gasteiger partial charge in [-0.3, -0.25) is 0 Å². The molecule has 1 saturated carbocycles. The van der Waals surface area contributed by atoms with Crippen molar-refractivity contribution in [2.24, 2.45) is 11.3 Å². The van der Waals surface area contributed by atoms with Crippen molar-refractivity contribution in [2.45, 2.75) is 39.2 Å². The van der Waals surface area contributed by atoms with E-state index in [9.17, 15) is 5.11 Å². The molecular weight excluding hydrogens is 160 g/mol. The lowest BCUT2D eigenvalue weighted by Gasteiger charge is -2.41. The molecule has 74 valence electrons. The van der Waals surface area contributed by atoms with Gasteiger partial charge in [0.25, 0.3) is 0 Å². The maximum atomic E-state index is 9.58. The van der Waals surface area contributed by atoms with Gasteiger partial charge in [-0.15, -0.1) is 6.58 Å². The van der Waals surface area contributed by atoms with E-state index in [4.69, 9.17) is 0 Å². The fraction of sp³-hybridized carbons (Fsp3) is 0.667. The third kappa shape index (κ3) is 2.02. The molecule has 1 aliphatic carbocycles. The Labute approximate surface area is 81.2 Å². The summed E-state index contributed by atoms with van der Waals surface area (Å²) >= 11 is 0. The molecule has 0 aromatic carbocycles. The number of hydrogen-bond acceptors (Lipinski definition) is 1. The fourth-order valence-electron chi connectivity index (χ4n) is 2.32. The molecule has 1 rings (SSSR count). The predicted molar refractivity (Wildman–Crippen MR) is 56.5 cm³/mol. The van der Waals surface area contributed by atoms with Crippen molar-refractivity contribution in [2.75, 3.05) is 0 Å². The van der Waals surface area contributed by atoms with E-state index in [2.05, 4.69) is 20.1 Å². The van der Waals surface area contributed by atoms with Crippen LogP contribution in [0.15, 0.2) is 24.8 Å². The minimum Gasteiger partial charge on any atom is -0.393 e. The normalized spacial score (nSPS) is 39.9. The maximum absolute atomic E-state index is 9.58. The molecule has 1 aliphatic rings. The molecular formula is C12H20O. The van der Waals surface area contributed by atoms with E-state index in [0.29, 0.717) is 5.92 Å². The van der Waals surface area contributed by atoms with Gasteiger partial charge in [0.05, 0.1) is 6.10 Å². The molecule has 0 unspecified atom stereocenters. The molecule has 13 heavy (non-hydrogen) atoms. The van der Waals surface area contributed by atoms with Crippen molar-refractivity contribution in [1.82, 2.24) is 0 Å². The summed E-state index contributed by atoms with van der Waals surface area (Å²) in [6, 6.07) is 0. The zero-order valence-corrected chi connectivity index (χ0v) is 8.71. The second-order valence-corrected chi connectivity index (χ2v) is 4.54. The summed E-state index contributed by atoms with van der Waals surface area (Å²) < 4.78 is 0. The SMILES string of the molecule is C=C[C@@]1(C)CC[C@H](O)C[C@@H]1C(=C)C. The summed E-state index contributed by atoms with van der Waals surface area (Å²) in [7, 11) is 0. The zero-order chi connectivity index (χ0) is 10.1. The van der Waals surface area contributed by atoms with Gasteiger partial charge in [0.15, 0.2) is 0 Å². The second-order valence-electron chi connectivity index (χ2n) is 4.54. The minimum absolute atomic E-state index is 0.144. The highest BCUT2D eigenvalue weighted by Crippen LogP contribution is 2.44. The third-order valence-electron chi connectivity index (χ3n) is 3.38. The lowest BCUT2D eigenvalue weighted by atomic mass is 9.64. The minimum atomic E-state index is -0.144. The van der Waals surface area contributed by atoms with Crippen LogP contribution in [0.1, 0.15) is 33.1 Å². The number of allylic oxidation sites excluding steroid dienone is 2. The van der Waals surface area contributed by atoms with Gasteiger partial charge < -0.3 is 5.11 Å². The summed E-state index contributed by atoms with van der Waals surface area (Å²) in [5, 5.41) is 9.58. The van der Waals surface area contributed by atoms with Crippen LogP contribution in [0.2, 0.25) is 0 Å². The highest BCUT2D eigenvalue weighted by atomic mass is 16.3. The third-order valence-corrected chi connectivity index (χ3v) is 3.38. The van der Waals surface area contributed by atoms with Crippen molar-refractivity contribution in [1.29, 1.82) is 0 Å². The van der Waals surface area contributed by atoms with E-state index in [-0.39, 0.29) is 11.5 Å². The molecule has 0 heterocycles. The molecule has 0 saturated heterocycles. The van der Waals surface area contributed by atoms with Gasteiger partial charge in [-0.25, -0.2) is 0 Å². The van der Waals surface area contributed by atoms with Crippen LogP contribution in [0.3, 0.4) is 0 Å². The van der Waals surface area contributed by atoms with Crippen LogP contribution in [0.4, 0.5) is 0 Å². The molecule has 0 bridgehead atoms. The van der Waals surface area contributed by atoms with E-state index in [1.54, 1.807) is 0 Å². The summed E-state index contributed by atoms with van der Waals surface area (Å²) in [4.78, 5) is 0. The van der Waals surface area contributed by atoms with Crippen molar-refractivity contribution in [3.05, 3.63) is 24.8 Å². The zero-order valence-electron chi connectivity index (χ0n) is 8.71. The van der Waals surface area contributed by atoms with Crippen LogP contribution >= 0.6 is 0 Å². The predicted octanol–water partition coefficient (Wildman–Crippen LogP) is 2.92. The van der Waals surface area contributed by atoms with E-state index in [0.717, 1.165) is 19.3 Å². The highest BCUT2D eigenvalue weighted by molar-refractivity contribution is 5.11. The van der Waals surface area contributed by atoms with Crippen LogP contribution < -0.4 is 0 Å². The van der Waals surface area contributed by atoms with Crippen LogP contribution in [0.5, 0.6) is 0 Å². The van der Waals surface area contributed by atoms with Gasteiger partial charge >= 0.3 is 0 Å². The molecule has 0 aromatic heterocycles. The molecule has 1 N–H and O–H groups in total. The van der Waals surface area contributed by atoms with Crippen molar-refractivity contribution in [3.8, 4) is 0 Å². The van der Waals surface area contributed by atoms with Gasteiger partial charge in [-0.1, -0.05) is 25.2 Å². The molecule has 0 spiro atoms. The number of aliphatic hydroxyl groups is 1. The lowest BCUT2D eigenvalue weighted by Crippen LogP contribution is -2.35. The van der Waals surface area contributed by atoms with Crippen molar-refractivity contribution in [3.63, 3.8) is 0 Å². The Morgan fingerprint density at radius 3 is 2.69 bits per heavy atom. The first kappa shape index (κ1) is 10.5. The summed E-state index contributed by atoms with van der Waals surface area (Å²) in [5.41, 5.74) is 1.31. The molecule has 0 radical (unpaired) electrons. The highest BCUT2D eigenvalue weighted by Gasteiger charge is 2.37. The molecule has 0 aliphatic heterocycles. The topological polar surface area (TPSA) is 20.2 Å². The summed E-state index contributed by atoms with van der Waals surface area (Å²) in [6.45, 7) is 12.1. The smallest absolute Gasteiger partial charge is 0.0546 e. The number of aliphatic hydroxyl groups excluding tert-OH is 1. The number of hydrogen-bond donors (Lipinski definition) is 1. The Morgan fingerprint density at radius 1 is 1.62 bits per heavy atom. The Morgan fingerprint density at radius 2 is 2.23 bits per heavy atom. The first-order valence-corrected chi connectivity index (χ1v) is 4.96. The standard InChI is InChI=1S/C12H20O/c1-5-12(4)7-6-10(13)8-11(12)9(2)3/h5,10-11,13H,1-2,6-8H2,3-4H3/t10-,11+,12-/m0/s1. The second kappa shape index (κ2) is 3.67. The number of rotatable bonds is 2. The molecule has 3 atom stereocenters.